The van der Waals surface area contributed by atoms with Gasteiger partial charge >= 0.3 is 5.97 Å². The molecule has 0 aliphatic rings. The molecule has 0 saturated heterocycles. The zero-order valence-corrected chi connectivity index (χ0v) is 19.2. The number of rotatable bonds is 10. The Bertz CT molecular complexity index is 1160. The van der Waals surface area contributed by atoms with Crippen LogP contribution in [0.3, 0.4) is 0 Å². The standard InChI is InChI=1S/C24H26N2O6S/c1-17(2)32-23(27)15-22(18-7-4-3-5-8-18)26-24(28)19-10-12-21(13-11-19)33(29,30)25-16-20-9-6-14-31-20/h3-14,17,22,25H,15-16H2,1-2H3,(H,26,28). The molecule has 0 bridgehead atoms. The number of hydrogen-bond donors (Lipinski definition) is 2. The van der Waals surface area contributed by atoms with Crippen LogP contribution in [-0.4, -0.2) is 26.4 Å². The second kappa shape index (κ2) is 10.9. The van der Waals surface area contributed by atoms with E-state index in [1.54, 1.807) is 26.0 Å². The SMILES string of the molecule is CC(C)OC(=O)CC(NC(=O)c1ccc(S(=O)(=O)NCc2ccco2)cc1)c1ccccc1. The predicted molar refractivity (Wildman–Crippen MR) is 122 cm³/mol. The lowest BCUT2D eigenvalue weighted by atomic mass is 10.0. The summed E-state index contributed by atoms with van der Waals surface area (Å²) in [4.78, 5) is 25.1. The number of sulfonamides is 1. The number of carbonyl (C=O) groups is 2. The van der Waals surface area contributed by atoms with Crippen LogP contribution in [-0.2, 0) is 26.1 Å². The van der Waals surface area contributed by atoms with Crippen molar-refractivity contribution in [2.45, 2.75) is 43.9 Å². The number of hydrogen-bond acceptors (Lipinski definition) is 6. The molecule has 1 amide bonds. The van der Waals surface area contributed by atoms with Crippen LogP contribution in [0, 0.1) is 0 Å². The fraction of sp³-hybridized carbons (Fsp3) is 0.250. The molecule has 33 heavy (non-hydrogen) atoms. The average Bonchev–Trinajstić information content (AvgIpc) is 3.31. The van der Waals surface area contributed by atoms with Gasteiger partial charge in [-0.1, -0.05) is 30.3 Å². The van der Waals surface area contributed by atoms with Gasteiger partial charge in [0.2, 0.25) is 10.0 Å². The first-order valence-electron chi connectivity index (χ1n) is 10.4. The lowest BCUT2D eigenvalue weighted by molar-refractivity contribution is -0.147. The summed E-state index contributed by atoms with van der Waals surface area (Å²) >= 11 is 0. The lowest BCUT2D eigenvalue weighted by Crippen LogP contribution is -2.31. The second-order valence-electron chi connectivity index (χ2n) is 7.61. The predicted octanol–water partition coefficient (Wildman–Crippen LogP) is 3.57. The Morgan fingerprint density at radius 2 is 1.67 bits per heavy atom. The van der Waals surface area contributed by atoms with Gasteiger partial charge in [0.25, 0.3) is 5.91 Å². The van der Waals surface area contributed by atoms with Crippen molar-refractivity contribution < 1.29 is 27.2 Å². The Kier molecular flexibility index (Phi) is 8.02. The number of carbonyl (C=O) groups excluding carboxylic acids is 2. The van der Waals surface area contributed by atoms with Crippen molar-refractivity contribution in [3.63, 3.8) is 0 Å². The van der Waals surface area contributed by atoms with Crippen LogP contribution in [0.2, 0.25) is 0 Å². The third-order valence-electron chi connectivity index (χ3n) is 4.69. The van der Waals surface area contributed by atoms with Gasteiger partial charge in [-0.3, -0.25) is 9.59 Å². The molecular formula is C24H26N2O6S. The van der Waals surface area contributed by atoms with E-state index < -0.39 is 27.9 Å². The maximum Gasteiger partial charge on any atom is 0.308 e. The number of benzene rings is 2. The molecule has 0 fully saturated rings. The molecule has 2 N–H and O–H groups in total. The summed E-state index contributed by atoms with van der Waals surface area (Å²) in [7, 11) is -3.78. The van der Waals surface area contributed by atoms with Gasteiger partial charge in [0.1, 0.15) is 5.76 Å². The molecule has 1 aromatic heterocycles. The molecule has 8 nitrogen and oxygen atoms in total. The van der Waals surface area contributed by atoms with Gasteiger partial charge in [0, 0.05) is 5.56 Å². The monoisotopic (exact) mass is 470 g/mol. The number of ether oxygens (including phenoxy) is 1. The van der Waals surface area contributed by atoms with Gasteiger partial charge < -0.3 is 14.5 Å². The Labute approximate surface area is 193 Å². The fourth-order valence-electron chi connectivity index (χ4n) is 3.10. The second-order valence-corrected chi connectivity index (χ2v) is 9.37. The van der Waals surface area contributed by atoms with Crippen LogP contribution in [0.5, 0.6) is 0 Å². The summed E-state index contributed by atoms with van der Waals surface area (Å²) in [6, 6.07) is 17.4. The Balaban J connectivity index is 1.69. The molecule has 1 atom stereocenters. The normalized spacial score (nSPS) is 12.3. The molecule has 3 rings (SSSR count). The van der Waals surface area contributed by atoms with E-state index in [9.17, 15) is 18.0 Å². The first kappa shape index (κ1) is 24.2. The van der Waals surface area contributed by atoms with Crippen molar-refractivity contribution in [2.24, 2.45) is 0 Å². The zero-order chi connectivity index (χ0) is 23.8. The van der Waals surface area contributed by atoms with E-state index in [1.807, 2.05) is 30.3 Å². The topological polar surface area (TPSA) is 115 Å². The highest BCUT2D eigenvalue weighted by Crippen LogP contribution is 2.19. The Morgan fingerprint density at radius 3 is 2.27 bits per heavy atom. The molecule has 0 radical (unpaired) electrons. The smallest absolute Gasteiger partial charge is 0.308 e. The third kappa shape index (κ3) is 7.03. The van der Waals surface area contributed by atoms with Crippen LogP contribution < -0.4 is 10.0 Å². The minimum absolute atomic E-state index is 0.0167. The van der Waals surface area contributed by atoms with E-state index >= 15 is 0 Å². The summed E-state index contributed by atoms with van der Waals surface area (Å²) in [6.45, 7) is 3.53. The van der Waals surface area contributed by atoms with Crippen molar-refractivity contribution in [3.05, 3.63) is 89.9 Å². The van der Waals surface area contributed by atoms with Gasteiger partial charge in [-0.05, 0) is 55.8 Å². The van der Waals surface area contributed by atoms with E-state index in [-0.39, 0.29) is 29.5 Å². The first-order valence-corrected chi connectivity index (χ1v) is 11.9. The molecule has 3 aromatic rings. The molecule has 0 spiro atoms. The van der Waals surface area contributed by atoms with Gasteiger partial charge in [0.15, 0.2) is 0 Å². The number of amides is 1. The molecule has 0 aliphatic carbocycles. The van der Waals surface area contributed by atoms with Crippen molar-refractivity contribution in [1.29, 1.82) is 0 Å². The average molecular weight is 471 g/mol. The van der Waals surface area contributed by atoms with E-state index in [0.29, 0.717) is 5.76 Å². The van der Waals surface area contributed by atoms with Gasteiger partial charge in [-0.25, -0.2) is 13.1 Å². The largest absolute Gasteiger partial charge is 0.468 e. The number of esters is 1. The zero-order valence-electron chi connectivity index (χ0n) is 18.4. The first-order chi connectivity index (χ1) is 15.7. The quantitative estimate of drug-likeness (QED) is 0.438. The minimum atomic E-state index is -3.78. The number of furan rings is 1. The van der Waals surface area contributed by atoms with E-state index in [1.165, 1.54) is 30.5 Å². The summed E-state index contributed by atoms with van der Waals surface area (Å²) in [5.41, 5.74) is 1.02. The number of nitrogens with one attached hydrogen (secondary N) is 2. The van der Waals surface area contributed by atoms with E-state index in [4.69, 9.17) is 9.15 Å². The van der Waals surface area contributed by atoms with Gasteiger partial charge in [0.05, 0.1) is 36.3 Å². The summed E-state index contributed by atoms with van der Waals surface area (Å²) in [5.74, 6) is -0.380. The molecule has 1 unspecified atom stereocenters. The summed E-state index contributed by atoms with van der Waals surface area (Å²) in [6.07, 6.45) is 1.17. The maximum atomic E-state index is 12.8. The molecular weight excluding hydrogens is 444 g/mol. The van der Waals surface area contributed by atoms with Crippen molar-refractivity contribution >= 4 is 21.9 Å². The van der Waals surface area contributed by atoms with Crippen LogP contribution in [0.1, 0.15) is 48.0 Å². The Morgan fingerprint density at radius 1 is 0.970 bits per heavy atom. The van der Waals surface area contributed by atoms with Crippen LogP contribution in [0.15, 0.2) is 82.3 Å². The Hall–Kier alpha value is -3.43. The highest BCUT2D eigenvalue weighted by Gasteiger charge is 2.21. The molecule has 2 aromatic carbocycles. The van der Waals surface area contributed by atoms with Crippen molar-refractivity contribution in [2.75, 3.05) is 0 Å². The highest BCUT2D eigenvalue weighted by atomic mass is 32.2. The summed E-state index contributed by atoms with van der Waals surface area (Å²) in [5, 5.41) is 2.84. The lowest BCUT2D eigenvalue weighted by Gasteiger charge is -2.19. The molecule has 0 saturated carbocycles. The van der Waals surface area contributed by atoms with Gasteiger partial charge in [-0.15, -0.1) is 0 Å². The summed E-state index contributed by atoms with van der Waals surface area (Å²) < 4.78 is 37.7. The maximum absolute atomic E-state index is 12.8. The van der Waals surface area contributed by atoms with Crippen molar-refractivity contribution in [3.8, 4) is 0 Å². The fourth-order valence-corrected chi connectivity index (χ4v) is 4.10. The van der Waals surface area contributed by atoms with E-state index in [2.05, 4.69) is 10.0 Å². The minimum Gasteiger partial charge on any atom is -0.468 e. The molecule has 174 valence electrons. The highest BCUT2D eigenvalue weighted by molar-refractivity contribution is 7.89. The van der Waals surface area contributed by atoms with Crippen LogP contribution in [0.4, 0.5) is 0 Å². The molecule has 9 heteroatoms. The third-order valence-corrected chi connectivity index (χ3v) is 6.11. The van der Waals surface area contributed by atoms with Crippen molar-refractivity contribution in [1.82, 2.24) is 10.0 Å². The van der Waals surface area contributed by atoms with Gasteiger partial charge in [-0.2, -0.15) is 0 Å². The molecule has 0 aliphatic heterocycles. The van der Waals surface area contributed by atoms with Crippen LogP contribution in [0.25, 0.3) is 0 Å². The van der Waals surface area contributed by atoms with Crippen LogP contribution >= 0.6 is 0 Å². The van der Waals surface area contributed by atoms with E-state index in [0.717, 1.165) is 5.56 Å². The molecule has 1 heterocycles.